The number of hydrogen-bond donors (Lipinski definition) is 0. The molecule has 1 aliphatic heterocycles. The van der Waals surface area contributed by atoms with E-state index in [1.165, 1.54) is 6.08 Å². The zero-order chi connectivity index (χ0) is 22.4. The number of epoxide rings is 1. The highest BCUT2D eigenvalue weighted by atomic mass is 127. The molecule has 27 heavy (non-hydrogen) atoms. The molecular formula is C19H43INO4Si2-. The molecule has 0 aromatic heterocycles. The van der Waals surface area contributed by atoms with Gasteiger partial charge in [0.15, 0.2) is 0 Å². The van der Waals surface area contributed by atoms with E-state index in [0.717, 1.165) is 36.9 Å². The first kappa shape index (κ1) is 34.6. The number of carbonyl (C=O) groups is 1. The number of nitrogens with zero attached hydrogens (tertiary/aromatic N) is 1. The van der Waals surface area contributed by atoms with Gasteiger partial charge in [0.05, 0.1) is 21.3 Å². The van der Waals surface area contributed by atoms with E-state index < -0.39 is 16.1 Å². The van der Waals surface area contributed by atoms with Gasteiger partial charge >= 0.3 is 0 Å². The van der Waals surface area contributed by atoms with Gasteiger partial charge in [-0.2, -0.15) is 0 Å². The maximum atomic E-state index is 11.1. The van der Waals surface area contributed by atoms with Gasteiger partial charge in [-0.1, -0.05) is 89.1 Å². The van der Waals surface area contributed by atoms with Crippen LogP contribution in [0.4, 0.5) is 0 Å². The summed E-state index contributed by atoms with van der Waals surface area (Å²) in [7, 11) is -2.53. The molecule has 1 heterocycles. The third-order valence-corrected chi connectivity index (χ3v) is 6.21. The molecule has 0 unspecified atom stereocenters. The van der Waals surface area contributed by atoms with Crippen molar-refractivity contribution < 1.29 is 19.4 Å². The van der Waals surface area contributed by atoms with Crippen LogP contribution in [0.1, 0.15) is 40.0 Å². The Morgan fingerprint density at radius 3 is 1.67 bits per heavy atom. The van der Waals surface area contributed by atoms with Gasteiger partial charge in [0, 0.05) is 12.6 Å². The molecule has 0 spiro atoms. The standard InChI is InChI=1S/C7H16OSi.C5H11NOSi.C3H6IO.C2H4O.C2H6/c1-5-6-7(8)9(2,3)4;1-8(2,3)5-6-4-7;4-2-1-3-5;1-2-3-1;1-2/h5-6H2,1-4H3;5H2,1-3H3;1-3H2;1-2H2;1-2H3/q;;-1;;. The van der Waals surface area contributed by atoms with Crippen molar-refractivity contribution in [3.63, 3.8) is 0 Å². The Morgan fingerprint density at radius 2 is 1.59 bits per heavy atom. The van der Waals surface area contributed by atoms with E-state index in [0.29, 0.717) is 11.6 Å². The number of hydrogen-bond acceptors (Lipinski definition) is 5. The van der Waals surface area contributed by atoms with Crippen LogP contribution in [0.25, 0.3) is 0 Å². The van der Waals surface area contributed by atoms with Crippen molar-refractivity contribution in [1.29, 1.82) is 0 Å². The maximum Gasteiger partial charge on any atom is 0.234 e. The van der Waals surface area contributed by atoms with Gasteiger partial charge in [-0.15, -0.1) is 6.61 Å². The van der Waals surface area contributed by atoms with Crippen molar-refractivity contribution in [2.24, 2.45) is 4.99 Å². The first-order valence-electron chi connectivity index (χ1n) is 9.75. The fourth-order valence-corrected chi connectivity index (χ4v) is 2.78. The number of ether oxygens (including phenoxy) is 1. The Labute approximate surface area is 183 Å². The minimum atomic E-state index is -1.42. The van der Waals surface area contributed by atoms with Gasteiger partial charge in [-0.3, -0.25) is 0 Å². The summed E-state index contributed by atoms with van der Waals surface area (Å²) < 4.78 is 5.50. The molecule has 0 aromatic carbocycles. The molecule has 1 rings (SSSR count). The highest BCUT2D eigenvalue weighted by molar-refractivity contribution is 14.1. The minimum absolute atomic E-state index is 0.0862. The van der Waals surface area contributed by atoms with Gasteiger partial charge < -0.3 is 14.6 Å². The average molecular weight is 533 g/mol. The van der Waals surface area contributed by atoms with E-state index in [9.17, 15) is 14.7 Å². The lowest BCUT2D eigenvalue weighted by Crippen LogP contribution is -2.32. The van der Waals surface area contributed by atoms with Crippen molar-refractivity contribution in [3.8, 4) is 0 Å². The summed E-state index contributed by atoms with van der Waals surface area (Å²) in [6.45, 7) is 20.9. The van der Waals surface area contributed by atoms with E-state index >= 15 is 0 Å². The van der Waals surface area contributed by atoms with E-state index in [-0.39, 0.29) is 6.61 Å². The molecule has 0 atom stereocenters. The monoisotopic (exact) mass is 532 g/mol. The molecule has 1 saturated heterocycles. The molecule has 0 bridgehead atoms. The number of alkyl halides is 1. The van der Waals surface area contributed by atoms with Crippen LogP contribution >= 0.6 is 22.6 Å². The molecule has 164 valence electrons. The third kappa shape index (κ3) is 51.8. The van der Waals surface area contributed by atoms with Gasteiger partial charge in [0.1, 0.15) is 13.5 Å². The average Bonchev–Trinajstić information content (AvgIpc) is 3.44. The molecule has 0 aromatic rings. The van der Waals surface area contributed by atoms with Crippen molar-refractivity contribution in [2.45, 2.75) is 79.3 Å². The van der Waals surface area contributed by atoms with Crippen LogP contribution in [-0.4, -0.2) is 58.1 Å². The van der Waals surface area contributed by atoms with E-state index in [1.54, 1.807) is 0 Å². The highest BCUT2D eigenvalue weighted by Crippen LogP contribution is 2.06. The zero-order valence-corrected chi connectivity index (χ0v) is 23.3. The summed E-state index contributed by atoms with van der Waals surface area (Å²) >= 11 is 2.19. The van der Waals surface area contributed by atoms with Crippen molar-refractivity contribution >= 4 is 50.2 Å². The Bertz CT molecular complexity index is 357. The molecule has 1 aliphatic rings. The van der Waals surface area contributed by atoms with Crippen molar-refractivity contribution in [2.75, 3.05) is 30.4 Å². The maximum absolute atomic E-state index is 11.1. The summed E-state index contributed by atoms with van der Waals surface area (Å²) in [6, 6.07) is 0. The number of halogens is 1. The molecule has 0 saturated carbocycles. The summed E-state index contributed by atoms with van der Waals surface area (Å²) in [6.07, 6.45) is 4.85. The number of rotatable bonds is 7. The largest absolute Gasteiger partial charge is 0.854 e. The minimum Gasteiger partial charge on any atom is -0.854 e. The first-order valence-corrected chi connectivity index (χ1v) is 18.5. The first-order chi connectivity index (χ1) is 12.5. The molecule has 0 aliphatic carbocycles. The normalized spacial score (nSPS) is 11.4. The lowest BCUT2D eigenvalue weighted by molar-refractivity contribution is -0.367. The zero-order valence-electron chi connectivity index (χ0n) is 19.1. The second-order valence-corrected chi connectivity index (χ2v) is 19.3. The molecule has 0 radical (unpaired) electrons. The molecule has 0 N–H and O–H groups in total. The van der Waals surface area contributed by atoms with Crippen LogP contribution in [0.3, 0.4) is 0 Å². The summed E-state index contributed by atoms with van der Waals surface area (Å²) in [5.74, 6) is 0. The fourth-order valence-electron chi connectivity index (χ4n) is 0.926. The third-order valence-electron chi connectivity index (χ3n) is 2.41. The SMILES string of the molecule is C1CO1.CC.CCCC(=O)[Si](C)(C)C.C[Si](C)(C)CN=C=O.[O-]CCCI. The number of isocyanates is 1. The van der Waals surface area contributed by atoms with Crippen LogP contribution in [0.15, 0.2) is 4.99 Å². The van der Waals surface area contributed by atoms with Crippen molar-refractivity contribution in [3.05, 3.63) is 0 Å². The molecule has 1 fully saturated rings. The predicted molar refractivity (Wildman–Crippen MR) is 130 cm³/mol. The lowest BCUT2D eigenvalue weighted by atomic mass is 10.4. The Balaban J connectivity index is -0.000000133. The van der Waals surface area contributed by atoms with Crippen LogP contribution in [-0.2, 0) is 14.3 Å². The molecule has 0 amide bonds. The highest BCUT2D eigenvalue weighted by Gasteiger charge is 2.22. The van der Waals surface area contributed by atoms with Crippen LogP contribution in [0.2, 0.25) is 39.3 Å². The Morgan fingerprint density at radius 1 is 1.15 bits per heavy atom. The van der Waals surface area contributed by atoms with Crippen LogP contribution in [0.5, 0.6) is 0 Å². The van der Waals surface area contributed by atoms with Crippen LogP contribution in [0, 0.1) is 0 Å². The summed E-state index contributed by atoms with van der Waals surface area (Å²) in [5, 5.41) is 10.0. The molecular weight excluding hydrogens is 489 g/mol. The summed E-state index contributed by atoms with van der Waals surface area (Å²) in [5.41, 5.74) is 0. The Kier molecular flexibility index (Phi) is 31.0. The van der Waals surface area contributed by atoms with Gasteiger partial charge in [0.2, 0.25) is 6.08 Å². The van der Waals surface area contributed by atoms with Gasteiger partial charge in [-0.25, -0.2) is 9.79 Å². The molecule has 8 heteroatoms. The second-order valence-electron chi connectivity index (χ2n) is 7.75. The van der Waals surface area contributed by atoms with Gasteiger partial charge in [-0.05, 0) is 10.8 Å². The summed E-state index contributed by atoms with van der Waals surface area (Å²) in [4.78, 5) is 24.2. The molecule has 5 nitrogen and oxygen atoms in total. The smallest absolute Gasteiger partial charge is 0.234 e. The quantitative estimate of drug-likeness (QED) is 0.119. The second kappa shape index (κ2) is 24.2. The van der Waals surface area contributed by atoms with Crippen LogP contribution < -0.4 is 5.11 Å². The topological polar surface area (TPSA) is 82.1 Å². The van der Waals surface area contributed by atoms with Gasteiger partial charge in [0.25, 0.3) is 0 Å². The predicted octanol–water partition coefficient (Wildman–Crippen LogP) is 4.65. The van der Waals surface area contributed by atoms with Crippen molar-refractivity contribution in [1.82, 2.24) is 0 Å². The Hall–Kier alpha value is 0.134. The fraction of sp³-hybridized carbons (Fsp3) is 0.895. The van der Waals surface area contributed by atoms with E-state index in [4.69, 9.17) is 0 Å². The number of carbonyl (C=O) groups excluding carboxylic acids is 2. The number of aliphatic imine (C=N–C) groups is 1. The van der Waals surface area contributed by atoms with E-state index in [2.05, 4.69) is 78.5 Å². The lowest BCUT2D eigenvalue weighted by Gasteiger charge is -2.12. The van der Waals surface area contributed by atoms with E-state index in [1.807, 2.05) is 13.8 Å².